The largest absolute Gasteiger partial charge is 0.480 e. The molecule has 0 aromatic rings. The zero-order chi connectivity index (χ0) is 14.3. The van der Waals surface area contributed by atoms with Crippen LogP contribution in [-0.4, -0.2) is 41.2 Å². The molecule has 0 unspecified atom stereocenters. The number of hydrogen-bond acceptors (Lipinski definition) is 3. The molecule has 1 rings (SSSR count). The molecule has 3 N–H and O–H groups in total. The summed E-state index contributed by atoms with van der Waals surface area (Å²) in [6, 6.07) is -0.369. The Hall–Kier alpha value is -0.910. The first kappa shape index (κ1) is 16.1. The first-order valence-corrected chi connectivity index (χ1v) is 8.22. The monoisotopic (exact) mass is 288 g/mol. The van der Waals surface area contributed by atoms with Gasteiger partial charge in [-0.25, -0.2) is 9.59 Å². The van der Waals surface area contributed by atoms with Gasteiger partial charge in [-0.1, -0.05) is 13.3 Å². The molecule has 0 aromatic heterocycles. The SMILES string of the molecule is CCC1CCC(NC(=O)NCCSC)(C(=O)O)CC1. The van der Waals surface area contributed by atoms with Gasteiger partial charge < -0.3 is 15.7 Å². The third-order valence-electron chi connectivity index (χ3n) is 3.89. The molecule has 0 atom stereocenters. The fraction of sp³-hybridized carbons (Fsp3) is 0.846. The van der Waals surface area contributed by atoms with E-state index < -0.39 is 11.5 Å². The summed E-state index contributed by atoms with van der Waals surface area (Å²) >= 11 is 1.64. The summed E-state index contributed by atoms with van der Waals surface area (Å²) in [5.74, 6) is 0.502. The zero-order valence-electron chi connectivity index (χ0n) is 11.7. The molecule has 6 heteroatoms. The summed E-state index contributed by atoms with van der Waals surface area (Å²) < 4.78 is 0. The number of hydrogen-bond donors (Lipinski definition) is 3. The summed E-state index contributed by atoms with van der Waals surface area (Å²) in [4.78, 5) is 23.2. The smallest absolute Gasteiger partial charge is 0.329 e. The predicted octanol–water partition coefficient (Wildman–Crippen LogP) is 2.07. The minimum Gasteiger partial charge on any atom is -0.480 e. The number of carboxylic acid groups (broad SMARTS) is 1. The molecule has 1 fully saturated rings. The highest BCUT2D eigenvalue weighted by molar-refractivity contribution is 7.98. The molecule has 0 aromatic carbocycles. The van der Waals surface area contributed by atoms with Crippen LogP contribution in [0.4, 0.5) is 4.79 Å². The molecule has 19 heavy (non-hydrogen) atoms. The van der Waals surface area contributed by atoms with E-state index in [1.165, 1.54) is 0 Å². The minimum atomic E-state index is -1.07. The number of urea groups is 1. The van der Waals surface area contributed by atoms with Crippen LogP contribution in [0.5, 0.6) is 0 Å². The van der Waals surface area contributed by atoms with Crippen molar-refractivity contribution in [2.45, 2.75) is 44.6 Å². The quantitative estimate of drug-likeness (QED) is 0.654. The molecule has 1 aliphatic rings. The first-order valence-electron chi connectivity index (χ1n) is 6.82. The number of carboxylic acids is 1. The molecule has 0 aliphatic heterocycles. The van der Waals surface area contributed by atoms with Crippen LogP contribution >= 0.6 is 11.8 Å². The summed E-state index contributed by atoms with van der Waals surface area (Å²) in [5, 5.41) is 14.8. The highest BCUT2D eigenvalue weighted by atomic mass is 32.2. The molecule has 0 saturated heterocycles. The van der Waals surface area contributed by atoms with Crippen LogP contribution < -0.4 is 10.6 Å². The van der Waals surface area contributed by atoms with Crippen molar-refractivity contribution in [2.24, 2.45) is 5.92 Å². The second-order valence-electron chi connectivity index (χ2n) is 5.11. The average molecular weight is 288 g/mol. The van der Waals surface area contributed by atoms with E-state index in [0.29, 0.717) is 25.3 Å². The number of nitrogens with one attached hydrogen (secondary N) is 2. The zero-order valence-corrected chi connectivity index (χ0v) is 12.5. The third-order valence-corrected chi connectivity index (χ3v) is 4.50. The van der Waals surface area contributed by atoms with Crippen LogP contribution in [0.2, 0.25) is 0 Å². The normalized spacial score (nSPS) is 26.7. The van der Waals surface area contributed by atoms with Gasteiger partial charge in [-0.15, -0.1) is 0 Å². The number of carbonyl (C=O) groups is 2. The predicted molar refractivity (Wildman–Crippen MR) is 77.5 cm³/mol. The second kappa shape index (κ2) is 7.62. The molecule has 0 heterocycles. The van der Waals surface area contributed by atoms with Gasteiger partial charge in [0.25, 0.3) is 0 Å². The van der Waals surface area contributed by atoms with Crippen molar-refractivity contribution in [1.82, 2.24) is 10.6 Å². The Morgan fingerprint density at radius 3 is 2.47 bits per heavy atom. The maximum absolute atomic E-state index is 11.8. The van der Waals surface area contributed by atoms with E-state index in [9.17, 15) is 14.7 Å². The summed E-state index contributed by atoms with van der Waals surface area (Å²) in [7, 11) is 0. The topological polar surface area (TPSA) is 78.4 Å². The summed E-state index contributed by atoms with van der Waals surface area (Å²) in [6.07, 6.45) is 5.83. The molecule has 1 aliphatic carbocycles. The molecular weight excluding hydrogens is 264 g/mol. The Morgan fingerprint density at radius 2 is 2.00 bits per heavy atom. The minimum absolute atomic E-state index is 0.369. The Balaban J connectivity index is 2.53. The van der Waals surface area contributed by atoms with Gasteiger partial charge >= 0.3 is 12.0 Å². The van der Waals surface area contributed by atoms with Crippen molar-refractivity contribution in [3.63, 3.8) is 0 Å². The van der Waals surface area contributed by atoms with Gasteiger partial charge in [0.1, 0.15) is 5.54 Å². The van der Waals surface area contributed by atoms with E-state index in [0.717, 1.165) is 25.0 Å². The third kappa shape index (κ3) is 4.60. The van der Waals surface area contributed by atoms with Crippen molar-refractivity contribution >= 4 is 23.8 Å². The highest BCUT2D eigenvalue weighted by Gasteiger charge is 2.42. The molecule has 2 amide bonds. The molecule has 0 radical (unpaired) electrons. The second-order valence-corrected chi connectivity index (χ2v) is 6.10. The Bertz CT molecular complexity index is 315. The van der Waals surface area contributed by atoms with Gasteiger partial charge in [-0.05, 0) is 37.9 Å². The van der Waals surface area contributed by atoms with Crippen LogP contribution in [-0.2, 0) is 4.79 Å². The number of aliphatic carboxylic acids is 1. The van der Waals surface area contributed by atoms with E-state index in [1.54, 1.807) is 11.8 Å². The Morgan fingerprint density at radius 1 is 1.37 bits per heavy atom. The maximum Gasteiger partial charge on any atom is 0.329 e. The Kier molecular flexibility index (Phi) is 6.48. The van der Waals surface area contributed by atoms with Gasteiger partial charge in [-0.3, -0.25) is 0 Å². The highest BCUT2D eigenvalue weighted by Crippen LogP contribution is 2.33. The molecule has 110 valence electrons. The lowest BCUT2D eigenvalue weighted by molar-refractivity contribution is -0.146. The fourth-order valence-corrected chi connectivity index (χ4v) is 2.81. The number of rotatable bonds is 6. The Labute approximate surface area is 118 Å². The number of carbonyl (C=O) groups excluding carboxylic acids is 1. The van der Waals surface area contributed by atoms with E-state index in [1.807, 2.05) is 6.26 Å². The lowest BCUT2D eigenvalue weighted by Gasteiger charge is -2.37. The van der Waals surface area contributed by atoms with Crippen LogP contribution in [0.15, 0.2) is 0 Å². The van der Waals surface area contributed by atoms with E-state index in [2.05, 4.69) is 17.6 Å². The number of amides is 2. The van der Waals surface area contributed by atoms with Gasteiger partial charge in [0.2, 0.25) is 0 Å². The summed E-state index contributed by atoms with van der Waals surface area (Å²) in [5.41, 5.74) is -1.07. The lowest BCUT2D eigenvalue weighted by atomic mass is 9.75. The van der Waals surface area contributed by atoms with Crippen LogP contribution in [0.25, 0.3) is 0 Å². The summed E-state index contributed by atoms with van der Waals surface area (Å²) in [6.45, 7) is 2.68. The van der Waals surface area contributed by atoms with Gasteiger partial charge in [0, 0.05) is 12.3 Å². The first-order chi connectivity index (χ1) is 9.04. The van der Waals surface area contributed by atoms with Gasteiger partial charge in [0.05, 0.1) is 0 Å². The standard InChI is InChI=1S/C13H24N2O3S/c1-3-10-4-6-13(7-5-10,11(16)17)15-12(18)14-8-9-19-2/h10H,3-9H2,1-2H3,(H,16,17)(H2,14,15,18). The maximum atomic E-state index is 11.8. The average Bonchev–Trinajstić information content (AvgIpc) is 2.39. The van der Waals surface area contributed by atoms with Crippen LogP contribution in [0.1, 0.15) is 39.0 Å². The van der Waals surface area contributed by atoms with Gasteiger partial charge in [0.15, 0.2) is 0 Å². The van der Waals surface area contributed by atoms with Crippen molar-refractivity contribution < 1.29 is 14.7 Å². The van der Waals surface area contributed by atoms with Gasteiger partial charge in [-0.2, -0.15) is 11.8 Å². The molecule has 0 spiro atoms. The van der Waals surface area contributed by atoms with Crippen LogP contribution in [0, 0.1) is 5.92 Å². The van der Waals surface area contributed by atoms with E-state index in [4.69, 9.17) is 0 Å². The lowest BCUT2D eigenvalue weighted by Crippen LogP contribution is -2.58. The van der Waals surface area contributed by atoms with Crippen LogP contribution in [0.3, 0.4) is 0 Å². The number of thioether (sulfide) groups is 1. The molecule has 1 saturated carbocycles. The van der Waals surface area contributed by atoms with Crippen molar-refractivity contribution in [3.8, 4) is 0 Å². The molecule has 5 nitrogen and oxygen atoms in total. The van der Waals surface area contributed by atoms with Crippen molar-refractivity contribution in [2.75, 3.05) is 18.6 Å². The molecule has 0 bridgehead atoms. The fourth-order valence-electron chi connectivity index (χ4n) is 2.50. The van der Waals surface area contributed by atoms with Crippen molar-refractivity contribution in [3.05, 3.63) is 0 Å². The van der Waals surface area contributed by atoms with Crippen molar-refractivity contribution in [1.29, 1.82) is 0 Å². The van der Waals surface area contributed by atoms with E-state index in [-0.39, 0.29) is 6.03 Å². The molecular formula is C13H24N2O3S. The van der Waals surface area contributed by atoms with E-state index >= 15 is 0 Å².